The lowest BCUT2D eigenvalue weighted by molar-refractivity contribution is 0.559. The molecule has 0 atom stereocenters. The first-order chi connectivity index (χ1) is 8.65. The van der Waals surface area contributed by atoms with Gasteiger partial charge in [0.05, 0.1) is 5.69 Å². The van der Waals surface area contributed by atoms with E-state index in [1.165, 1.54) is 12.1 Å². The first kappa shape index (κ1) is 12.6. The van der Waals surface area contributed by atoms with Gasteiger partial charge in [0.2, 0.25) is 0 Å². The highest BCUT2D eigenvalue weighted by Gasteiger charge is 2.03. The summed E-state index contributed by atoms with van der Waals surface area (Å²) in [6.07, 6.45) is 1.68. The molecule has 0 bridgehead atoms. The molecule has 0 amide bonds. The van der Waals surface area contributed by atoms with Crippen molar-refractivity contribution < 1.29 is 8.78 Å². The SMILES string of the molecule is Cc1nccc(CNCc2ccc(F)cc2F)n1. The smallest absolute Gasteiger partial charge is 0.130 e. The summed E-state index contributed by atoms with van der Waals surface area (Å²) in [7, 11) is 0. The molecule has 0 unspecified atom stereocenters. The highest BCUT2D eigenvalue weighted by molar-refractivity contribution is 5.18. The molecule has 1 heterocycles. The van der Waals surface area contributed by atoms with Crippen LogP contribution in [-0.2, 0) is 13.1 Å². The summed E-state index contributed by atoms with van der Waals surface area (Å²) in [6, 6.07) is 5.35. The lowest BCUT2D eigenvalue weighted by Crippen LogP contribution is -2.15. The average molecular weight is 249 g/mol. The molecule has 5 heteroatoms. The Kier molecular flexibility index (Phi) is 3.94. The van der Waals surface area contributed by atoms with E-state index in [1.54, 1.807) is 12.3 Å². The van der Waals surface area contributed by atoms with Crippen LogP contribution >= 0.6 is 0 Å². The lowest BCUT2D eigenvalue weighted by Gasteiger charge is -2.06. The summed E-state index contributed by atoms with van der Waals surface area (Å²) in [4.78, 5) is 8.20. The second-order valence-corrected chi connectivity index (χ2v) is 3.93. The molecule has 0 fully saturated rings. The second-order valence-electron chi connectivity index (χ2n) is 3.93. The fourth-order valence-corrected chi connectivity index (χ4v) is 1.59. The number of nitrogens with one attached hydrogen (secondary N) is 1. The maximum atomic E-state index is 13.3. The Morgan fingerprint density at radius 1 is 1.17 bits per heavy atom. The minimum absolute atomic E-state index is 0.329. The van der Waals surface area contributed by atoms with Gasteiger partial charge in [-0.05, 0) is 19.1 Å². The maximum Gasteiger partial charge on any atom is 0.130 e. The Hall–Kier alpha value is -1.88. The van der Waals surface area contributed by atoms with Gasteiger partial charge in [-0.25, -0.2) is 18.7 Å². The third kappa shape index (κ3) is 3.30. The van der Waals surface area contributed by atoms with Crippen molar-refractivity contribution in [2.24, 2.45) is 0 Å². The summed E-state index contributed by atoms with van der Waals surface area (Å²) >= 11 is 0. The topological polar surface area (TPSA) is 37.8 Å². The standard InChI is InChI=1S/C13H13F2N3/c1-9-17-5-4-12(18-9)8-16-7-10-2-3-11(14)6-13(10)15/h2-6,16H,7-8H2,1H3. The molecule has 2 rings (SSSR count). The summed E-state index contributed by atoms with van der Waals surface area (Å²) in [5.74, 6) is -0.411. The minimum Gasteiger partial charge on any atom is -0.307 e. The number of benzene rings is 1. The van der Waals surface area contributed by atoms with E-state index < -0.39 is 11.6 Å². The first-order valence-corrected chi connectivity index (χ1v) is 5.58. The van der Waals surface area contributed by atoms with E-state index >= 15 is 0 Å². The molecular weight excluding hydrogens is 236 g/mol. The van der Waals surface area contributed by atoms with Gasteiger partial charge in [0.15, 0.2) is 0 Å². The van der Waals surface area contributed by atoms with Crippen molar-refractivity contribution in [2.75, 3.05) is 0 Å². The highest BCUT2D eigenvalue weighted by Crippen LogP contribution is 2.09. The van der Waals surface area contributed by atoms with E-state index in [2.05, 4.69) is 15.3 Å². The molecule has 1 aromatic carbocycles. The van der Waals surface area contributed by atoms with Gasteiger partial charge in [-0.3, -0.25) is 0 Å². The molecule has 0 aliphatic rings. The van der Waals surface area contributed by atoms with E-state index in [0.29, 0.717) is 24.5 Å². The minimum atomic E-state index is -0.567. The van der Waals surface area contributed by atoms with Crippen molar-refractivity contribution in [1.29, 1.82) is 0 Å². The Bertz CT molecular complexity index is 544. The van der Waals surface area contributed by atoms with Gasteiger partial charge in [0, 0.05) is 30.9 Å². The molecule has 1 aromatic heterocycles. The van der Waals surface area contributed by atoms with Crippen molar-refractivity contribution in [3.8, 4) is 0 Å². The number of halogens is 2. The molecule has 0 saturated heterocycles. The predicted molar refractivity (Wildman–Crippen MR) is 63.7 cm³/mol. The summed E-state index contributed by atoms with van der Waals surface area (Å²) < 4.78 is 26.0. The summed E-state index contributed by atoms with van der Waals surface area (Å²) in [5.41, 5.74) is 1.27. The maximum absolute atomic E-state index is 13.3. The van der Waals surface area contributed by atoms with Crippen LogP contribution in [0, 0.1) is 18.6 Å². The zero-order valence-electron chi connectivity index (χ0n) is 9.95. The molecule has 3 nitrogen and oxygen atoms in total. The normalized spacial score (nSPS) is 10.6. The first-order valence-electron chi connectivity index (χ1n) is 5.58. The van der Waals surface area contributed by atoms with Crippen molar-refractivity contribution >= 4 is 0 Å². The third-order valence-corrected chi connectivity index (χ3v) is 2.47. The summed E-state index contributed by atoms with van der Waals surface area (Å²) in [5, 5.41) is 3.05. The molecule has 18 heavy (non-hydrogen) atoms. The zero-order valence-corrected chi connectivity index (χ0v) is 9.95. The summed E-state index contributed by atoms with van der Waals surface area (Å²) in [6.45, 7) is 2.65. The van der Waals surface area contributed by atoms with Crippen LogP contribution in [0.25, 0.3) is 0 Å². The molecule has 0 aliphatic carbocycles. The quantitative estimate of drug-likeness (QED) is 0.903. The van der Waals surface area contributed by atoms with Crippen LogP contribution in [0.2, 0.25) is 0 Å². The fraction of sp³-hybridized carbons (Fsp3) is 0.231. The lowest BCUT2D eigenvalue weighted by atomic mass is 10.2. The Balaban J connectivity index is 1.92. The molecule has 0 saturated carbocycles. The molecule has 0 spiro atoms. The van der Waals surface area contributed by atoms with Gasteiger partial charge in [-0.2, -0.15) is 0 Å². The Labute approximate surface area is 104 Å². The third-order valence-electron chi connectivity index (χ3n) is 2.47. The van der Waals surface area contributed by atoms with Crippen LogP contribution in [-0.4, -0.2) is 9.97 Å². The number of aryl methyl sites for hydroxylation is 1. The van der Waals surface area contributed by atoms with Crippen molar-refractivity contribution in [1.82, 2.24) is 15.3 Å². The van der Waals surface area contributed by atoms with E-state index in [0.717, 1.165) is 11.8 Å². The van der Waals surface area contributed by atoms with Crippen LogP contribution in [0.5, 0.6) is 0 Å². The number of nitrogens with zero attached hydrogens (tertiary/aromatic N) is 2. The van der Waals surface area contributed by atoms with Crippen LogP contribution in [0.4, 0.5) is 8.78 Å². The molecule has 0 aliphatic heterocycles. The molecule has 94 valence electrons. The van der Waals surface area contributed by atoms with Gasteiger partial charge in [-0.1, -0.05) is 6.07 Å². The van der Waals surface area contributed by atoms with E-state index in [1.807, 2.05) is 6.92 Å². The van der Waals surface area contributed by atoms with Crippen molar-refractivity contribution in [2.45, 2.75) is 20.0 Å². The molecule has 2 aromatic rings. The second kappa shape index (κ2) is 5.64. The number of hydrogen-bond donors (Lipinski definition) is 1. The fourth-order valence-electron chi connectivity index (χ4n) is 1.59. The molecular formula is C13H13F2N3. The van der Waals surface area contributed by atoms with Crippen LogP contribution in [0.3, 0.4) is 0 Å². The van der Waals surface area contributed by atoms with E-state index in [-0.39, 0.29) is 0 Å². The van der Waals surface area contributed by atoms with Crippen LogP contribution in [0.15, 0.2) is 30.5 Å². The van der Waals surface area contributed by atoms with Gasteiger partial charge >= 0.3 is 0 Å². The zero-order chi connectivity index (χ0) is 13.0. The van der Waals surface area contributed by atoms with Crippen molar-refractivity contribution in [3.63, 3.8) is 0 Å². The highest BCUT2D eigenvalue weighted by atomic mass is 19.1. The largest absolute Gasteiger partial charge is 0.307 e. The Morgan fingerprint density at radius 2 is 2.00 bits per heavy atom. The van der Waals surface area contributed by atoms with E-state index in [4.69, 9.17) is 0 Å². The van der Waals surface area contributed by atoms with Crippen molar-refractivity contribution in [3.05, 3.63) is 59.2 Å². The predicted octanol–water partition coefficient (Wildman–Crippen LogP) is 2.35. The molecule has 1 N–H and O–H groups in total. The van der Waals surface area contributed by atoms with Gasteiger partial charge in [0.1, 0.15) is 17.5 Å². The number of rotatable bonds is 4. The monoisotopic (exact) mass is 249 g/mol. The van der Waals surface area contributed by atoms with Gasteiger partial charge < -0.3 is 5.32 Å². The van der Waals surface area contributed by atoms with E-state index in [9.17, 15) is 8.78 Å². The van der Waals surface area contributed by atoms with Crippen LogP contribution < -0.4 is 5.32 Å². The number of hydrogen-bond acceptors (Lipinski definition) is 3. The van der Waals surface area contributed by atoms with Crippen LogP contribution in [0.1, 0.15) is 17.1 Å². The Morgan fingerprint density at radius 3 is 2.72 bits per heavy atom. The molecule has 0 radical (unpaired) electrons. The number of aromatic nitrogens is 2. The average Bonchev–Trinajstić information content (AvgIpc) is 2.32. The van der Waals surface area contributed by atoms with Gasteiger partial charge in [-0.15, -0.1) is 0 Å². The van der Waals surface area contributed by atoms with Gasteiger partial charge in [0.25, 0.3) is 0 Å².